The monoisotopic (exact) mass is 654 g/mol. The molecule has 0 saturated carbocycles. The first-order valence-electron chi connectivity index (χ1n) is 17.0. The molecule has 2 nitrogen and oxygen atoms in total. The van der Waals surface area contributed by atoms with Crippen LogP contribution in [0.4, 0.5) is 0 Å². The largest absolute Gasteiger partial charge is 0.228 e. The lowest BCUT2D eigenvalue weighted by molar-refractivity contribution is 0.722. The second kappa shape index (κ2) is 11.5. The van der Waals surface area contributed by atoms with Crippen molar-refractivity contribution >= 4 is 11.8 Å². The van der Waals surface area contributed by atoms with Crippen LogP contribution in [-0.2, 0) is 5.41 Å². The molecule has 8 aromatic rings. The Kier molecular flexibility index (Phi) is 6.68. The van der Waals surface area contributed by atoms with Gasteiger partial charge in [0.1, 0.15) is 0 Å². The van der Waals surface area contributed by atoms with Crippen LogP contribution in [0.1, 0.15) is 22.3 Å². The Balaban J connectivity index is 1.20. The van der Waals surface area contributed by atoms with Gasteiger partial charge in [-0.15, -0.1) is 0 Å². The van der Waals surface area contributed by atoms with Gasteiger partial charge in [0.05, 0.1) is 16.8 Å². The molecule has 0 N–H and O–H groups in total. The summed E-state index contributed by atoms with van der Waals surface area (Å²) >= 11 is 1.85. The van der Waals surface area contributed by atoms with Crippen LogP contribution in [0.2, 0.25) is 0 Å². The highest BCUT2D eigenvalue weighted by Crippen LogP contribution is 2.62. The van der Waals surface area contributed by atoms with Crippen molar-refractivity contribution in [3.8, 4) is 56.2 Å². The Hall–Kier alpha value is -6.03. The van der Waals surface area contributed by atoms with E-state index in [0.717, 1.165) is 39.2 Å². The standard InChI is InChI=1S/C47H30N2S/c1-3-15-31(16-4-1)34-19-7-8-22-37(34)43-30-42(32-17-5-2-6-18-32)48-46(49-43)33-27-28-41-45(29-33)50-44-26-14-13-25-40(44)47(41)38-23-11-9-20-35(38)36-21-10-12-24-39(36)47/h1-30H. The number of benzene rings is 7. The van der Waals surface area contributed by atoms with Gasteiger partial charge in [-0.05, 0) is 62.7 Å². The first-order chi connectivity index (χ1) is 24.8. The summed E-state index contributed by atoms with van der Waals surface area (Å²) in [5.74, 6) is 0.716. The van der Waals surface area contributed by atoms with Gasteiger partial charge < -0.3 is 0 Å². The fraction of sp³-hybridized carbons (Fsp3) is 0.0213. The van der Waals surface area contributed by atoms with Crippen LogP contribution in [0.3, 0.4) is 0 Å². The van der Waals surface area contributed by atoms with Crippen LogP contribution >= 0.6 is 11.8 Å². The molecule has 3 heteroatoms. The quantitative estimate of drug-likeness (QED) is 0.189. The lowest BCUT2D eigenvalue weighted by Gasteiger charge is -2.39. The zero-order valence-corrected chi connectivity index (χ0v) is 27.9. The van der Waals surface area contributed by atoms with E-state index in [1.54, 1.807) is 0 Å². The second-order valence-electron chi connectivity index (χ2n) is 12.9. The van der Waals surface area contributed by atoms with E-state index in [-0.39, 0.29) is 0 Å². The van der Waals surface area contributed by atoms with Crippen LogP contribution in [0, 0.1) is 0 Å². The van der Waals surface area contributed by atoms with Crippen molar-refractivity contribution in [2.75, 3.05) is 0 Å². The SMILES string of the molecule is c1ccc(-c2cc(-c3ccccc3-c3ccccc3)nc(-c3ccc4c(c3)Sc3ccccc3C43c4ccccc4-c4ccccc43)n2)cc1. The van der Waals surface area contributed by atoms with Gasteiger partial charge in [-0.25, -0.2) is 9.97 Å². The van der Waals surface area contributed by atoms with Gasteiger partial charge in [0, 0.05) is 26.5 Å². The Morgan fingerprint density at radius 3 is 1.56 bits per heavy atom. The van der Waals surface area contributed by atoms with Crippen LogP contribution in [0.5, 0.6) is 0 Å². The molecule has 1 aromatic heterocycles. The molecule has 2 heterocycles. The zero-order chi connectivity index (χ0) is 33.1. The summed E-state index contributed by atoms with van der Waals surface area (Å²) in [5.41, 5.74) is 14.8. The molecule has 1 aliphatic carbocycles. The maximum atomic E-state index is 5.32. The van der Waals surface area contributed by atoms with Crippen LogP contribution in [0.15, 0.2) is 192 Å². The Morgan fingerprint density at radius 1 is 0.340 bits per heavy atom. The average molecular weight is 655 g/mol. The van der Waals surface area contributed by atoms with E-state index in [2.05, 4.69) is 176 Å². The van der Waals surface area contributed by atoms with Crippen molar-refractivity contribution in [1.29, 1.82) is 0 Å². The Morgan fingerprint density at radius 2 is 0.860 bits per heavy atom. The van der Waals surface area contributed by atoms with Gasteiger partial charge in [0.15, 0.2) is 5.82 Å². The third-order valence-electron chi connectivity index (χ3n) is 10.2. The third-order valence-corrected chi connectivity index (χ3v) is 11.3. The summed E-state index contributed by atoms with van der Waals surface area (Å²) in [6.07, 6.45) is 0. The molecule has 0 saturated heterocycles. The van der Waals surface area contributed by atoms with Gasteiger partial charge in [-0.2, -0.15) is 0 Å². The fourth-order valence-electron chi connectivity index (χ4n) is 8.05. The van der Waals surface area contributed by atoms with Gasteiger partial charge in [-0.3, -0.25) is 0 Å². The van der Waals surface area contributed by atoms with Crippen molar-refractivity contribution in [3.05, 3.63) is 204 Å². The minimum Gasteiger partial charge on any atom is -0.228 e. The molecule has 0 bridgehead atoms. The lowest BCUT2D eigenvalue weighted by atomic mass is 9.67. The fourth-order valence-corrected chi connectivity index (χ4v) is 9.28. The molecule has 234 valence electrons. The molecular formula is C47H30N2S. The van der Waals surface area contributed by atoms with Crippen molar-refractivity contribution in [1.82, 2.24) is 9.97 Å². The normalized spacial score (nSPS) is 13.3. The third kappa shape index (κ3) is 4.37. The Bertz CT molecular complexity index is 2530. The summed E-state index contributed by atoms with van der Waals surface area (Å²) in [6, 6.07) is 65.3. The average Bonchev–Trinajstić information content (AvgIpc) is 3.49. The van der Waals surface area contributed by atoms with Crippen molar-refractivity contribution in [2.45, 2.75) is 15.2 Å². The van der Waals surface area contributed by atoms with Gasteiger partial charge in [0.25, 0.3) is 0 Å². The molecule has 10 rings (SSSR count). The predicted octanol–water partition coefficient (Wildman–Crippen LogP) is 12.0. The second-order valence-corrected chi connectivity index (χ2v) is 14.0. The van der Waals surface area contributed by atoms with E-state index in [1.165, 1.54) is 43.2 Å². The number of rotatable bonds is 4. The van der Waals surface area contributed by atoms with Gasteiger partial charge in [-0.1, -0.05) is 176 Å². The predicted molar refractivity (Wildman–Crippen MR) is 205 cm³/mol. The highest BCUT2D eigenvalue weighted by atomic mass is 32.2. The molecule has 7 aromatic carbocycles. The van der Waals surface area contributed by atoms with E-state index in [0.29, 0.717) is 5.82 Å². The molecule has 0 unspecified atom stereocenters. The molecule has 2 aliphatic rings. The Labute approximate surface area is 296 Å². The van der Waals surface area contributed by atoms with E-state index in [9.17, 15) is 0 Å². The molecule has 0 atom stereocenters. The maximum Gasteiger partial charge on any atom is 0.160 e. The van der Waals surface area contributed by atoms with Crippen molar-refractivity contribution < 1.29 is 0 Å². The number of fused-ring (bicyclic) bond motifs is 9. The topological polar surface area (TPSA) is 25.8 Å². The van der Waals surface area contributed by atoms with Gasteiger partial charge in [0.2, 0.25) is 0 Å². The zero-order valence-electron chi connectivity index (χ0n) is 27.1. The van der Waals surface area contributed by atoms with Crippen LogP contribution in [0.25, 0.3) is 56.2 Å². The highest BCUT2D eigenvalue weighted by Gasteiger charge is 2.50. The number of nitrogens with zero attached hydrogens (tertiary/aromatic N) is 2. The summed E-state index contributed by atoms with van der Waals surface area (Å²) in [5, 5.41) is 0. The number of hydrogen-bond donors (Lipinski definition) is 0. The van der Waals surface area contributed by atoms with Crippen LogP contribution < -0.4 is 0 Å². The lowest BCUT2D eigenvalue weighted by Crippen LogP contribution is -2.31. The van der Waals surface area contributed by atoms with E-state index in [1.807, 2.05) is 17.8 Å². The van der Waals surface area contributed by atoms with Gasteiger partial charge >= 0.3 is 0 Å². The van der Waals surface area contributed by atoms with E-state index < -0.39 is 5.41 Å². The van der Waals surface area contributed by atoms with Crippen molar-refractivity contribution in [2.24, 2.45) is 0 Å². The van der Waals surface area contributed by atoms with Crippen molar-refractivity contribution in [3.63, 3.8) is 0 Å². The number of hydrogen-bond acceptors (Lipinski definition) is 3. The summed E-state index contributed by atoms with van der Waals surface area (Å²) in [4.78, 5) is 13.1. The molecule has 50 heavy (non-hydrogen) atoms. The molecule has 1 spiro atoms. The van der Waals surface area contributed by atoms with Crippen LogP contribution in [-0.4, -0.2) is 9.97 Å². The minimum atomic E-state index is -0.407. The summed E-state index contributed by atoms with van der Waals surface area (Å²) in [6.45, 7) is 0. The summed E-state index contributed by atoms with van der Waals surface area (Å²) in [7, 11) is 0. The molecule has 0 amide bonds. The smallest absolute Gasteiger partial charge is 0.160 e. The van der Waals surface area contributed by atoms with E-state index in [4.69, 9.17) is 9.97 Å². The minimum absolute atomic E-state index is 0.407. The summed E-state index contributed by atoms with van der Waals surface area (Å²) < 4.78 is 0. The van der Waals surface area contributed by atoms with E-state index >= 15 is 0 Å². The maximum absolute atomic E-state index is 5.32. The first kappa shape index (κ1) is 28.9. The first-order valence-corrected chi connectivity index (χ1v) is 17.8. The molecule has 0 radical (unpaired) electrons. The molecule has 0 fully saturated rings. The molecular weight excluding hydrogens is 625 g/mol. The molecule has 1 aliphatic heterocycles. The number of aromatic nitrogens is 2. The highest BCUT2D eigenvalue weighted by molar-refractivity contribution is 7.99.